The molecule has 3 aromatic rings. The first-order valence-corrected chi connectivity index (χ1v) is 9.00. The van der Waals surface area contributed by atoms with Gasteiger partial charge in [0, 0.05) is 12.6 Å². The molecule has 0 amide bonds. The monoisotopic (exact) mass is 338 g/mol. The van der Waals surface area contributed by atoms with Crippen molar-refractivity contribution in [2.45, 2.75) is 51.6 Å². The molecule has 1 aromatic carbocycles. The Bertz CT molecular complexity index is 1010. The fourth-order valence-electron chi connectivity index (χ4n) is 3.86. The van der Waals surface area contributed by atoms with Gasteiger partial charge in [0.25, 0.3) is 5.56 Å². The summed E-state index contributed by atoms with van der Waals surface area (Å²) in [6, 6.07) is 9.44. The van der Waals surface area contributed by atoms with E-state index in [-0.39, 0.29) is 17.3 Å². The first-order chi connectivity index (χ1) is 12.2. The van der Waals surface area contributed by atoms with E-state index in [0.29, 0.717) is 17.7 Å². The number of nitrogens with zero attached hydrogens (tertiary/aromatic N) is 4. The molecule has 0 saturated heterocycles. The highest BCUT2D eigenvalue weighted by Crippen LogP contribution is 2.27. The van der Waals surface area contributed by atoms with Crippen LogP contribution in [0.1, 0.15) is 45.1 Å². The average molecular weight is 338 g/mol. The van der Waals surface area contributed by atoms with Gasteiger partial charge >= 0.3 is 5.69 Å². The van der Waals surface area contributed by atoms with Crippen LogP contribution in [-0.4, -0.2) is 18.7 Å². The second-order valence-corrected chi connectivity index (χ2v) is 6.68. The Kier molecular flexibility index (Phi) is 4.03. The second-order valence-electron chi connectivity index (χ2n) is 6.68. The van der Waals surface area contributed by atoms with Crippen LogP contribution in [0.5, 0.6) is 0 Å². The topological polar surface area (TPSA) is 61.8 Å². The number of aryl methyl sites for hydroxylation is 1. The minimum absolute atomic E-state index is 0.00987. The molecule has 0 aliphatic heterocycles. The molecule has 1 aliphatic rings. The lowest BCUT2D eigenvalue weighted by atomic mass is 10.2. The lowest BCUT2D eigenvalue weighted by molar-refractivity contribution is 0.474. The van der Waals surface area contributed by atoms with E-state index in [2.05, 4.69) is 11.9 Å². The molecule has 0 N–H and O–H groups in total. The van der Waals surface area contributed by atoms with Gasteiger partial charge in [0.2, 0.25) is 0 Å². The highest BCUT2D eigenvalue weighted by molar-refractivity contribution is 5.72. The van der Waals surface area contributed by atoms with E-state index in [1.54, 1.807) is 10.9 Å². The molecule has 0 atom stereocenters. The molecular formula is C19H22N4O2. The summed E-state index contributed by atoms with van der Waals surface area (Å²) in [4.78, 5) is 30.8. The van der Waals surface area contributed by atoms with E-state index in [9.17, 15) is 9.59 Å². The molecular weight excluding hydrogens is 316 g/mol. The molecule has 0 spiro atoms. The van der Waals surface area contributed by atoms with Crippen molar-refractivity contribution in [3.63, 3.8) is 0 Å². The third kappa shape index (κ3) is 2.52. The molecule has 0 bridgehead atoms. The summed E-state index contributed by atoms with van der Waals surface area (Å²) in [5.41, 5.74) is 1.23. The van der Waals surface area contributed by atoms with Gasteiger partial charge in [0.15, 0.2) is 11.2 Å². The average Bonchev–Trinajstić information content (AvgIpc) is 3.27. The van der Waals surface area contributed by atoms with E-state index >= 15 is 0 Å². The van der Waals surface area contributed by atoms with Gasteiger partial charge in [0.1, 0.15) is 0 Å². The van der Waals surface area contributed by atoms with E-state index in [0.717, 1.165) is 37.8 Å². The van der Waals surface area contributed by atoms with E-state index in [4.69, 9.17) is 0 Å². The molecule has 2 heterocycles. The number of aromatic nitrogens is 4. The Morgan fingerprint density at radius 2 is 1.84 bits per heavy atom. The number of hydrogen-bond donors (Lipinski definition) is 0. The SMILES string of the molecule is CCCn1cnc2c1c(=O)n(C1CCCC1)c(=O)n2-c1ccccc1. The zero-order chi connectivity index (χ0) is 17.4. The van der Waals surface area contributed by atoms with Crippen LogP contribution in [0.4, 0.5) is 0 Å². The number of hydrogen-bond acceptors (Lipinski definition) is 3. The molecule has 1 fully saturated rings. The molecule has 1 aliphatic carbocycles. The van der Waals surface area contributed by atoms with Crippen LogP contribution in [0.25, 0.3) is 16.9 Å². The Balaban J connectivity index is 2.09. The zero-order valence-electron chi connectivity index (χ0n) is 14.4. The lowest BCUT2D eigenvalue weighted by Crippen LogP contribution is -2.41. The van der Waals surface area contributed by atoms with Crippen molar-refractivity contribution in [3.8, 4) is 5.69 Å². The molecule has 1 saturated carbocycles. The van der Waals surface area contributed by atoms with Crippen LogP contribution in [0.15, 0.2) is 46.2 Å². The maximum Gasteiger partial charge on any atom is 0.337 e. The fourth-order valence-corrected chi connectivity index (χ4v) is 3.86. The van der Waals surface area contributed by atoms with Gasteiger partial charge < -0.3 is 4.57 Å². The van der Waals surface area contributed by atoms with Gasteiger partial charge in [-0.3, -0.25) is 9.36 Å². The normalized spacial score (nSPS) is 15.2. The summed E-state index contributed by atoms with van der Waals surface area (Å²) in [5.74, 6) is 0. The summed E-state index contributed by atoms with van der Waals surface area (Å²) in [7, 11) is 0. The van der Waals surface area contributed by atoms with Crippen molar-refractivity contribution in [2.75, 3.05) is 0 Å². The van der Waals surface area contributed by atoms with Crippen molar-refractivity contribution < 1.29 is 0 Å². The quantitative estimate of drug-likeness (QED) is 0.735. The number of imidazole rings is 1. The van der Waals surface area contributed by atoms with E-state index in [1.165, 1.54) is 4.57 Å². The minimum atomic E-state index is -0.280. The standard InChI is InChI=1S/C19H22N4O2/c1-2-12-21-13-20-17-16(21)18(24)23(15-10-6-7-11-15)19(25)22(17)14-8-4-3-5-9-14/h3-5,8-9,13,15H,2,6-7,10-12H2,1H3. The minimum Gasteiger partial charge on any atom is -0.325 e. The molecule has 0 unspecified atom stereocenters. The number of rotatable bonds is 4. The van der Waals surface area contributed by atoms with Gasteiger partial charge in [-0.1, -0.05) is 38.0 Å². The molecule has 6 heteroatoms. The molecule has 25 heavy (non-hydrogen) atoms. The number of para-hydroxylation sites is 1. The van der Waals surface area contributed by atoms with Crippen molar-refractivity contribution in [3.05, 3.63) is 57.5 Å². The Labute approximate surface area is 145 Å². The van der Waals surface area contributed by atoms with Gasteiger partial charge in [-0.15, -0.1) is 0 Å². The van der Waals surface area contributed by atoms with Crippen molar-refractivity contribution >= 4 is 11.2 Å². The van der Waals surface area contributed by atoms with Crippen molar-refractivity contribution in [2.24, 2.45) is 0 Å². The lowest BCUT2D eigenvalue weighted by Gasteiger charge is -2.16. The largest absolute Gasteiger partial charge is 0.337 e. The Morgan fingerprint density at radius 1 is 1.12 bits per heavy atom. The molecule has 2 aromatic heterocycles. The number of benzene rings is 1. The Hall–Kier alpha value is -2.63. The summed E-state index contributed by atoms with van der Waals surface area (Å²) in [6.45, 7) is 2.78. The van der Waals surface area contributed by atoms with Crippen LogP contribution < -0.4 is 11.2 Å². The maximum atomic E-state index is 13.2. The van der Waals surface area contributed by atoms with Gasteiger partial charge in [-0.05, 0) is 31.4 Å². The molecule has 4 rings (SSSR count). The van der Waals surface area contributed by atoms with E-state index < -0.39 is 0 Å². The molecule has 6 nitrogen and oxygen atoms in total. The molecule has 130 valence electrons. The highest BCUT2D eigenvalue weighted by atomic mass is 16.2. The first kappa shape index (κ1) is 15.9. The highest BCUT2D eigenvalue weighted by Gasteiger charge is 2.25. The Morgan fingerprint density at radius 3 is 2.52 bits per heavy atom. The predicted molar refractivity (Wildman–Crippen MR) is 97.4 cm³/mol. The van der Waals surface area contributed by atoms with Crippen LogP contribution in [0.2, 0.25) is 0 Å². The first-order valence-electron chi connectivity index (χ1n) is 9.00. The van der Waals surface area contributed by atoms with Gasteiger partial charge in [-0.25, -0.2) is 14.3 Å². The fraction of sp³-hybridized carbons (Fsp3) is 0.421. The smallest absolute Gasteiger partial charge is 0.325 e. The summed E-state index contributed by atoms with van der Waals surface area (Å²) < 4.78 is 4.93. The molecule has 0 radical (unpaired) electrons. The van der Waals surface area contributed by atoms with Crippen molar-refractivity contribution in [1.82, 2.24) is 18.7 Å². The van der Waals surface area contributed by atoms with Crippen LogP contribution in [-0.2, 0) is 6.54 Å². The maximum absolute atomic E-state index is 13.2. The van der Waals surface area contributed by atoms with Crippen LogP contribution in [0.3, 0.4) is 0 Å². The van der Waals surface area contributed by atoms with E-state index in [1.807, 2.05) is 34.9 Å². The van der Waals surface area contributed by atoms with Crippen LogP contribution in [0, 0.1) is 0 Å². The van der Waals surface area contributed by atoms with Gasteiger partial charge in [0.05, 0.1) is 12.0 Å². The summed E-state index contributed by atoms with van der Waals surface area (Å²) in [6.07, 6.45) is 6.48. The third-order valence-corrected chi connectivity index (χ3v) is 5.02. The summed E-state index contributed by atoms with van der Waals surface area (Å²) in [5, 5.41) is 0. The predicted octanol–water partition coefficient (Wildman–Crippen LogP) is 2.87. The third-order valence-electron chi connectivity index (χ3n) is 5.02. The second kappa shape index (κ2) is 6.35. The van der Waals surface area contributed by atoms with Crippen LogP contribution >= 0.6 is 0 Å². The summed E-state index contributed by atoms with van der Waals surface area (Å²) >= 11 is 0. The van der Waals surface area contributed by atoms with Crippen molar-refractivity contribution in [1.29, 1.82) is 0 Å². The number of fused-ring (bicyclic) bond motifs is 1. The van der Waals surface area contributed by atoms with Gasteiger partial charge in [-0.2, -0.15) is 0 Å². The zero-order valence-corrected chi connectivity index (χ0v) is 14.4.